The molecule has 1 aromatic heterocycles. The Morgan fingerprint density at radius 2 is 2.38 bits per heavy atom. The lowest BCUT2D eigenvalue weighted by molar-refractivity contribution is 0.311. The molecule has 0 saturated heterocycles. The second-order valence-electron chi connectivity index (χ2n) is 4.39. The lowest BCUT2D eigenvalue weighted by Gasteiger charge is -2.31. The van der Waals surface area contributed by atoms with Crippen LogP contribution in [0, 0.1) is 5.41 Å². The first-order valence-electron chi connectivity index (χ1n) is 5.05. The molecular formula is C10H15N3. The quantitative estimate of drug-likeness (QED) is 0.680. The number of rotatable bonds is 1. The minimum absolute atomic E-state index is 0.551. The average Bonchev–Trinajstić information content (AvgIpc) is 2.76. The molecule has 1 unspecified atom stereocenters. The van der Waals surface area contributed by atoms with Crippen LogP contribution in [0.15, 0.2) is 6.20 Å². The Hall–Kier alpha value is -0.830. The molecule has 3 nitrogen and oxygen atoms in total. The Morgan fingerprint density at radius 3 is 3.08 bits per heavy atom. The molecular weight excluding hydrogens is 162 g/mol. The van der Waals surface area contributed by atoms with Crippen LogP contribution in [0.4, 0.5) is 0 Å². The van der Waals surface area contributed by atoms with Gasteiger partial charge in [0, 0.05) is 17.3 Å². The van der Waals surface area contributed by atoms with Crippen molar-refractivity contribution in [3.63, 3.8) is 0 Å². The Morgan fingerprint density at radius 1 is 1.54 bits per heavy atom. The first-order valence-corrected chi connectivity index (χ1v) is 5.05. The average molecular weight is 177 g/mol. The first-order chi connectivity index (χ1) is 6.36. The zero-order valence-electron chi connectivity index (χ0n) is 7.93. The molecule has 1 atom stereocenters. The van der Waals surface area contributed by atoms with Crippen LogP contribution in [0.1, 0.15) is 36.6 Å². The number of aromatic nitrogens is 2. The predicted molar refractivity (Wildman–Crippen MR) is 50.4 cm³/mol. The molecule has 13 heavy (non-hydrogen) atoms. The zero-order valence-corrected chi connectivity index (χ0v) is 7.93. The van der Waals surface area contributed by atoms with Gasteiger partial charge in [-0.1, -0.05) is 0 Å². The summed E-state index contributed by atoms with van der Waals surface area (Å²) in [7, 11) is 2.06. The number of nitrogens with zero attached hydrogens (tertiary/aromatic N) is 1. The minimum Gasteiger partial charge on any atom is -0.312 e. The van der Waals surface area contributed by atoms with Crippen LogP contribution >= 0.6 is 0 Å². The largest absolute Gasteiger partial charge is 0.312 e. The van der Waals surface area contributed by atoms with Crippen LogP contribution in [-0.4, -0.2) is 17.2 Å². The van der Waals surface area contributed by atoms with E-state index in [0.717, 1.165) is 0 Å². The summed E-state index contributed by atoms with van der Waals surface area (Å²) in [5.41, 5.74) is 3.34. The van der Waals surface area contributed by atoms with E-state index in [1.165, 1.54) is 36.9 Å². The highest BCUT2D eigenvalue weighted by Gasteiger charge is 2.51. The molecule has 1 spiro atoms. The summed E-state index contributed by atoms with van der Waals surface area (Å²) in [6.45, 7) is 0. The van der Waals surface area contributed by atoms with Crippen molar-refractivity contribution in [2.24, 2.45) is 5.41 Å². The van der Waals surface area contributed by atoms with Gasteiger partial charge in [-0.05, 0) is 38.1 Å². The second kappa shape index (κ2) is 2.35. The number of fused-ring (bicyclic) bond motifs is 1. The standard InChI is InChI=1S/C10H15N3/c1-11-9-7-6-12-13-8(7)2-3-10(9)4-5-10/h6,9,11H,2-5H2,1H3,(H,12,13). The third-order valence-electron chi connectivity index (χ3n) is 3.73. The van der Waals surface area contributed by atoms with Crippen LogP contribution in [0.3, 0.4) is 0 Å². The molecule has 3 heteroatoms. The molecule has 1 aromatic rings. The minimum atomic E-state index is 0.551. The summed E-state index contributed by atoms with van der Waals surface area (Å²) in [5.74, 6) is 0. The molecule has 70 valence electrons. The lowest BCUT2D eigenvalue weighted by atomic mass is 9.80. The smallest absolute Gasteiger partial charge is 0.0538 e. The van der Waals surface area contributed by atoms with Gasteiger partial charge in [-0.15, -0.1) is 0 Å². The van der Waals surface area contributed by atoms with Gasteiger partial charge in [-0.2, -0.15) is 5.10 Å². The number of hydrogen-bond donors (Lipinski definition) is 2. The Balaban J connectivity index is 2.04. The highest BCUT2D eigenvalue weighted by Crippen LogP contribution is 2.60. The van der Waals surface area contributed by atoms with E-state index in [4.69, 9.17) is 0 Å². The summed E-state index contributed by atoms with van der Waals surface area (Å²) in [4.78, 5) is 0. The lowest BCUT2D eigenvalue weighted by Crippen LogP contribution is -2.30. The van der Waals surface area contributed by atoms with E-state index < -0.39 is 0 Å². The molecule has 0 aliphatic heterocycles. The summed E-state index contributed by atoms with van der Waals surface area (Å²) < 4.78 is 0. The highest BCUT2D eigenvalue weighted by molar-refractivity contribution is 5.29. The van der Waals surface area contributed by atoms with Crippen molar-refractivity contribution in [1.82, 2.24) is 15.5 Å². The van der Waals surface area contributed by atoms with Crippen LogP contribution in [0.2, 0.25) is 0 Å². The monoisotopic (exact) mass is 177 g/mol. The molecule has 3 rings (SSSR count). The van der Waals surface area contributed by atoms with E-state index >= 15 is 0 Å². The number of aromatic amines is 1. The molecule has 1 saturated carbocycles. The van der Waals surface area contributed by atoms with Gasteiger partial charge in [-0.25, -0.2) is 0 Å². The van der Waals surface area contributed by atoms with Crippen molar-refractivity contribution in [2.45, 2.75) is 31.7 Å². The number of hydrogen-bond acceptors (Lipinski definition) is 2. The van der Waals surface area contributed by atoms with Gasteiger partial charge in [0.05, 0.1) is 6.20 Å². The van der Waals surface area contributed by atoms with E-state index in [9.17, 15) is 0 Å². The van der Waals surface area contributed by atoms with E-state index in [1.807, 2.05) is 6.20 Å². The third kappa shape index (κ3) is 0.908. The van der Waals surface area contributed by atoms with E-state index in [-0.39, 0.29) is 0 Å². The van der Waals surface area contributed by atoms with Crippen LogP contribution < -0.4 is 5.32 Å². The van der Waals surface area contributed by atoms with Crippen molar-refractivity contribution in [2.75, 3.05) is 7.05 Å². The summed E-state index contributed by atoms with van der Waals surface area (Å²) in [6.07, 6.45) is 7.29. The van der Waals surface area contributed by atoms with E-state index in [1.54, 1.807) is 0 Å². The molecule has 0 amide bonds. The molecule has 0 aromatic carbocycles. The normalized spacial score (nSPS) is 28.8. The third-order valence-corrected chi connectivity index (χ3v) is 3.73. The van der Waals surface area contributed by atoms with Gasteiger partial charge in [-0.3, -0.25) is 5.10 Å². The first kappa shape index (κ1) is 7.56. The van der Waals surface area contributed by atoms with Crippen LogP contribution in [0.25, 0.3) is 0 Å². The van der Waals surface area contributed by atoms with Gasteiger partial charge in [0.1, 0.15) is 0 Å². The second-order valence-corrected chi connectivity index (χ2v) is 4.39. The molecule has 1 fully saturated rings. The molecule has 1 heterocycles. The maximum absolute atomic E-state index is 4.13. The van der Waals surface area contributed by atoms with Gasteiger partial charge < -0.3 is 5.32 Å². The van der Waals surface area contributed by atoms with Gasteiger partial charge in [0.15, 0.2) is 0 Å². The Bertz CT molecular complexity index is 325. The van der Waals surface area contributed by atoms with Crippen LogP contribution in [-0.2, 0) is 6.42 Å². The number of aryl methyl sites for hydroxylation is 1. The molecule has 0 radical (unpaired) electrons. The maximum atomic E-state index is 4.13. The van der Waals surface area contributed by atoms with E-state index in [0.29, 0.717) is 11.5 Å². The zero-order chi connectivity index (χ0) is 8.89. The SMILES string of the molecule is CNC1c2cn[nH]c2CCC12CC2. The van der Waals surface area contributed by atoms with Gasteiger partial charge in [0.2, 0.25) is 0 Å². The van der Waals surface area contributed by atoms with Crippen molar-refractivity contribution >= 4 is 0 Å². The van der Waals surface area contributed by atoms with Crippen LogP contribution in [0.5, 0.6) is 0 Å². The van der Waals surface area contributed by atoms with Crippen molar-refractivity contribution in [3.05, 3.63) is 17.5 Å². The number of H-pyrrole nitrogens is 1. The van der Waals surface area contributed by atoms with Crippen molar-refractivity contribution in [3.8, 4) is 0 Å². The molecule has 2 N–H and O–H groups in total. The highest BCUT2D eigenvalue weighted by atomic mass is 15.1. The fourth-order valence-electron chi connectivity index (χ4n) is 2.78. The predicted octanol–water partition coefficient (Wildman–Crippen LogP) is 1.40. The van der Waals surface area contributed by atoms with E-state index in [2.05, 4.69) is 22.6 Å². The molecule has 0 bridgehead atoms. The fraction of sp³-hybridized carbons (Fsp3) is 0.700. The van der Waals surface area contributed by atoms with Crippen molar-refractivity contribution < 1.29 is 0 Å². The van der Waals surface area contributed by atoms with Gasteiger partial charge in [0.25, 0.3) is 0 Å². The maximum Gasteiger partial charge on any atom is 0.0538 e. The molecule has 2 aliphatic carbocycles. The fourth-order valence-corrected chi connectivity index (χ4v) is 2.78. The number of nitrogens with one attached hydrogen (secondary N) is 2. The Labute approximate surface area is 77.9 Å². The topological polar surface area (TPSA) is 40.7 Å². The summed E-state index contributed by atoms with van der Waals surface area (Å²) in [5, 5.41) is 10.7. The summed E-state index contributed by atoms with van der Waals surface area (Å²) in [6, 6.07) is 0.551. The molecule has 2 aliphatic rings. The Kier molecular flexibility index (Phi) is 1.37. The summed E-state index contributed by atoms with van der Waals surface area (Å²) >= 11 is 0. The van der Waals surface area contributed by atoms with Gasteiger partial charge >= 0.3 is 0 Å². The van der Waals surface area contributed by atoms with Crippen molar-refractivity contribution in [1.29, 1.82) is 0 Å².